The van der Waals surface area contributed by atoms with Gasteiger partial charge in [0.05, 0.1) is 17.8 Å². The summed E-state index contributed by atoms with van der Waals surface area (Å²) >= 11 is 0. The van der Waals surface area contributed by atoms with Crippen molar-refractivity contribution in [3.63, 3.8) is 0 Å². The minimum absolute atomic E-state index is 0.274. The molecule has 0 bridgehead atoms. The van der Waals surface area contributed by atoms with E-state index in [1.54, 1.807) is 0 Å². The van der Waals surface area contributed by atoms with Crippen molar-refractivity contribution in [2.75, 3.05) is 6.61 Å². The molecule has 0 atom stereocenters. The van der Waals surface area contributed by atoms with Gasteiger partial charge in [0.15, 0.2) is 0 Å². The largest absolute Gasteiger partial charge is 0.525 e. The van der Waals surface area contributed by atoms with Gasteiger partial charge in [0, 0.05) is 17.7 Å². The van der Waals surface area contributed by atoms with E-state index >= 15 is 0 Å². The number of hydrogen-bond donors (Lipinski definition) is 0. The minimum Gasteiger partial charge on any atom is -0.477 e. The van der Waals surface area contributed by atoms with Gasteiger partial charge in [-0.15, -0.1) is 0 Å². The molecule has 2 fully saturated rings. The lowest BCUT2D eigenvalue weighted by Crippen LogP contribution is -2.41. The van der Waals surface area contributed by atoms with Crippen molar-refractivity contribution in [1.82, 2.24) is 9.97 Å². The Kier molecular flexibility index (Phi) is 4.66. The first-order valence-corrected chi connectivity index (χ1v) is 8.75. The fourth-order valence-electron chi connectivity index (χ4n) is 3.02. The summed E-state index contributed by atoms with van der Waals surface area (Å²) in [4.78, 5) is 8.48. The molecule has 7 heteroatoms. The first-order valence-electron chi connectivity index (χ1n) is 8.75. The Bertz CT molecular complexity index is 661. The van der Waals surface area contributed by atoms with Gasteiger partial charge in [-0.1, -0.05) is 0 Å². The lowest BCUT2D eigenvalue weighted by atomic mass is 9.73. The Morgan fingerprint density at radius 3 is 2.36 bits per heavy atom. The summed E-state index contributed by atoms with van der Waals surface area (Å²) in [6, 6.07) is 1.81. The molecule has 1 saturated heterocycles. The quantitative estimate of drug-likeness (QED) is 0.776. The number of ether oxygens (including phenoxy) is 1. The molecule has 0 radical (unpaired) electrons. The van der Waals surface area contributed by atoms with Crippen LogP contribution >= 0.6 is 0 Å². The van der Waals surface area contributed by atoms with Gasteiger partial charge in [-0.2, -0.15) is 4.98 Å². The summed E-state index contributed by atoms with van der Waals surface area (Å²) in [7, 11) is -0.894. The average molecular weight is 348 g/mol. The maximum atomic E-state index is 14.7. The van der Waals surface area contributed by atoms with Gasteiger partial charge in [-0.3, -0.25) is 0 Å². The van der Waals surface area contributed by atoms with Crippen molar-refractivity contribution >= 4 is 7.12 Å². The second-order valence-corrected chi connectivity index (χ2v) is 8.02. The maximum Gasteiger partial charge on any atom is 0.525 e. The van der Waals surface area contributed by atoms with Gasteiger partial charge >= 0.3 is 7.12 Å². The molecule has 136 valence electrons. The molecule has 0 aromatic carbocycles. The van der Waals surface area contributed by atoms with E-state index in [2.05, 4.69) is 9.97 Å². The summed E-state index contributed by atoms with van der Waals surface area (Å²) in [5.74, 6) is 1.56. The van der Waals surface area contributed by atoms with Crippen LogP contribution in [0.5, 0.6) is 5.88 Å². The lowest BCUT2D eigenvalue weighted by molar-refractivity contribution is 0.00578. The van der Waals surface area contributed by atoms with E-state index in [0.717, 1.165) is 11.3 Å². The molecule has 1 aromatic rings. The summed E-state index contributed by atoms with van der Waals surface area (Å²) in [5.41, 5.74) is 0.323. The van der Waals surface area contributed by atoms with Crippen molar-refractivity contribution in [3.8, 4) is 5.88 Å². The standard InChI is InChI=1S/C18H26BFN2O3/c1-11-7-15(22-12(2)21-11)23-10-13-8-14(9-13)16(20)19-24-17(3,4)18(5,6)25-19/h7,13H,8-10H2,1-6H3. The maximum absolute atomic E-state index is 14.7. The van der Waals surface area contributed by atoms with Crippen molar-refractivity contribution in [2.24, 2.45) is 5.92 Å². The summed E-state index contributed by atoms with van der Waals surface area (Å²) < 4.78 is 31.9. The molecule has 5 nitrogen and oxygen atoms in total. The number of halogens is 1. The van der Waals surface area contributed by atoms with Crippen LogP contribution in [-0.2, 0) is 9.31 Å². The van der Waals surface area contributed by atoms with Gasteiger partial charge in [-0.25, -0.2) is 9.37 Å². The zero-order valence-electron chi connectivity index (χ0n) is 15.9. The minimum atomic E-state index is -0.894. The molecule has 0 spiro atoms. The van der Waals surface area contributed by atoms with Crippen molar-refractivity contribution in [2.45, 2.75) is 65.6 Å². The molecule has 1 saturated carbocycles. The van der Waals surface area contributed by atoms with Crippen LogP contribution in [-0.4, -0.2) is 34.9 Å². The third-order valence-electron chi connectivity index (χ3n) is 5.28. The van der Waals surface area contributed by atoms with Crippen molar-refractivity contribution < 1.29 is 18.4 Å². The Morgan fingerprint density at radius 2 is 1.80 bits per heavy atom. The Hall–Kier alpha value is -1.47. The molecule has 1 aliphatic heterocycles. The van der Waals surface area contributed by atoms with Gasteiger partial charge < -0.3 is 14.0 Å². The molecule has 1 aromatic heterocycles. The second kappa shape index (κ2) is 6.36. The molecular weight excluding hydrogens is 322 g/mol. The van der Waals surface area contributed by atoms with Crippen LogP contribution in [0.1, 0.15) is 52.1 Å². The van der Waals surface area contributed by atoms with Gasteiger partial charge in [0.2, 0.25) is 5.88 Å². The fourth-order valence-corrected chi connectivity index (χ4v) is 3.02. The highest BCUT2D eigenvalue weighted by Crippen LogP contribution is 2.43. The van der Waals surface area contributed by atoms with Crippen LogP contribution in [0, 0.1) is 19.8 Å². The summed E-state index contributed by atoms with van der Waals surface area (Å²) in [5, 5.41) is 0. The molecular formula is C18H26BFN2O3. The normalized spacial score (nSPS) is 24.2. The molecule has 0 N–H and O–H groups in total. The van der Waals surface area contributed by atoms with Crippen LogP contribution in [0.4, 0.5) is 4.39 Å². The van der Waals surface area contributed by atoms with Gasteiger partial charge in [0.25, 0.3) is 0 Å². The molecule has 2 heterocycles. The third-order valence-corrected chi connectivity index (χ3v) is 5.28. The van der Waals surface area contributed by atoms with Crippen LogP contribution < -0.4 is 4.74 Å². The Morgan fingerprint density at radius 1 is 1.20 bits per heavy atom. The third kappa shape index (κ3) is 3.72. The number of allylic oxidation sites excluding steroid dienone is 1. The molecule has 3 rings (SSSR count). The first-order chi connectivity index (χ1) is 11.6. The molecule has 25 heavy (non-hydrogen) atoms. The number of nitrogens with zero attached hydrogens (tertiary/aromatic N) is 2. The van der Waals surface area contributed by atoms with E-state index < -0.39 is 18.3 Å². The molecule has 2 aliphatic rings. The van der Waals surface area contributed by atoms with Gasteiger partial charge in [0.1, 0.15) is 11.6 Å². The number of rotatable bonds is 4. The highest BCUT2D eigenvalue weighted by atomic mass is 19.1. The Balaban J connectivity index is 1.54. The van der Waals surface area contributed by atoms with E-state index in [0.29, 0.717) is 37.1 Å². The predicted octanol–water partition coefficient (Wildman–Crippen LogP) is 3.74. The topological polar surface area (TPSA) is 53.5 Å². The second-order valence-electron chi connectivity index (χ2n) is 8.02. The van der Waals surface area contributed by atoms with Crippen LogP contribution in [0.15, 0.2) is 17.4 Å². The average Bonchev–Trinajstić information content (AvgIpc) is 2.64. The Labute approximate surface area is 149 Å². The molecule has 0 amide bonds. The monoisotopic (exact) mass is 348 g/mol. The SMILES string of the molecule is Cc1cc(OCC2CC(=C(F)B3OC(C)(C)C(C)(C)O3)C2)nc(C)n1. The smallest absolute Gasteiger partial charge is 0.477 e. The van der Waals surface area contributed by atoms with Crippen molar-refractivity contribution in [3.05, 3.63) is 28.9 Å². The van der Waals surface area contributed by atoms with Crippen LogP contribution in [0.25, 0.3) is 0 Å². The fraction of sp³-hybridized carbons (Fsp3) is 0.667. The van der Waals surface area contributed by atoms with Crippen molar-refractivity contribution in [1.29, 1.82) is 0 Å². The summed E-state index contributed by atoms with van der Waals surface area (Å²) in [6.07, 6.45) is 1.33. The van der Waals surface area contributed by atoms with E-state index in [1.165, 1.54) is 0 Å². The van der Waals surface area contributed by atoms with E-state index in [1.807, 2.05) is 47.6 Å². The zero-order valence-corrected chi connectivity index (χ0v) is 15.9. The molecule has 1 aliphatic carbocycles. The van der Waals surface area contributed by atoms with Gasteiger partial charge in [-0.05, 0) is 60.0 Å². The number of aryl methyl sites for hydroxylation is 2. The highest BCUT2D eigenvalue weighted by Gasteiger charge is 2.54. The van der Waals surface area contributed by atoms with Crippen LogP contribution in [0.2, 0.25) is 0 Å². The van der Waals surface area contributed by atoms with Crippen LogP contribution in [0.3, 0.4) is 0 Å². The first kappa shape index (κ1) is 18.3. The summed E-state index contributed by atoms with van der Waals surface area (Å²) in [6.45, 7) is 12.0. The number of hydrogen-bond acceptors (Lipinski definition) is 5. The lowest BCUT2D eigenvalue weighted by Gasteiger charge is -2.32. The number of aromatic nitrogens is 2. The highest BCUT2D eigenvalue weighted by molar-refractivity contribution is 6.53. The predicted molar refractivity (Wildman–Crippen MR) is 93.9 cm³/mol. The zero-order chi connectivity index (χ0) is 18.4. The van der Waals surface area contributed by atoms with E-state index in [-0.39, 0.29) is 5.73 Å². The van der Waals surface area contributed by atoms with E-state index in [9.17, 15) is 4.39 Å². The molecule has 0 unspecified atom stereocenters. The van der Waals surface area contributed by atoms with E-state index in [4.69, 9.17) is 14.0 Å².